The third-order valence-electron chi connectivity index (χ3n) is 12.6. The Morgan fingerprint density at radius 2 is 1.77 bits per heavy atom. The lowest BCUT2D eigenvalue weighted by Crippen LogP contribution is -2.60. The highest BCUT2D eigenvalue weighted by Crippen LogP contribution is 2.39. The molecule has 2 aliphatic heterocycles. The van der Waals surface area contributed by atoms with Gasteiger partial charge in [-0.25, -0.2) is 0 Å². The Balaban J connectivity index is 1.75. The van der Waals surface area contributed by atoms with E-state index in [1.165, 1.54) is 19.4 Å². The normalized spacial score (nSPS) is 38.0. The maximum atomic E-state index is 13.9. The molecule has 0 radical (unpaired) electrons. The lowest BCUT2D eigenvalue weighted by atomic mass is 9.77. The Kier molecular flexibility index (Phi) is 16.5. The summed E-state index contributed by atoms with van der Waals surface area (Å²) in [5.74, 6) is -3.00. The highest BCUT2D eigenvalue weighted by molar-refractivity contribution is 5.81. The molecule has 14 atom stereocenters. The van der Waals surface area contributed by atoms with Gasteiger partial charge in [0.05, 0.1) is 41.4 Å². The number of rotatable bonds is 10. The van der Waals surface area contributed by atoms with Crippen LogP contribution in [-0.4, -0.2) is 143 Å². The lowest BCUT2D eigenvalue weighted by molar-refractivity contribution is -0.303. The number of benzene rings is 1. The fourth-order valence-electron chi connectivity index (χ4n) is 9.22. The number of ether oxygens (including phenoxy) is 5. The van der Waals surface area contributed by atoms with Crippen molar-refractivity contribution in [1.82, 2.24) is 14.8 Å². The number of fused-ring (bicyclic) bond motifs is 1. The smallest absolute Gasteiger partial charge is 0.311 e. The monoisotopic (exact) mass is 802 g/mol. The zero-order valence-corrected chi connectivity index (χ0v) is 36.4. The fourth-order valence-corrected chi connectivity index (χ4v) is 9.22. The summed E-state index contributed by atoms with van der Waals surface area (Å²) >= 11 is 0. The SMILES string of the molecule is CC[C@H]1OC(=O)[C@H](C)C(O)[C@H](C)C(OC2O[C@H](C)CC(N(C)C)C2OC(C)=O)[C@](C)(OC)C[C@@H](C)CN(CCCc2ccnc3ccccc23)[C@H](C)C(O)[C@]1(C)O. The number of esters is 2. The van der Waals surface area contributed by atoms with Gasteiger partial charge in [-0.2, -0.15) is 0 Å². The van der Waals surface area contributed by atoms with Gasteiger partial charge in [0.2, 0.25) is 0 Å². The van der Waals surface area contributed by atoms with Crippen molar-refractivity contribution in [3.63, 3.8) is 0 Å². The molecule has 2 aliphatic rings. The number of pyridine rings is 1. The second-order valence-corrected chi connectivity index (χ2v) is 17.5. The number of likely N-dealkylation sites (N-methyl/N-ethyl adjacent to an activating group) is 1. The molecule has 0 saturated carbocycles. The Labute approximate surface area is 340 Å². The molecule has 4 rings (SSSR count). The molecule has 2 saturated heterocycles. The maximum Gasteiger partial charge on any atom is 0.311 e. The predicted octanol–water partition coefficient (Wildman–Crippen LogP) is 4.75. The summed E-state index contributed by atoms with van der Waals surface area (Å²) in [6, 6.07) is 9.37. The van der Waals surface area contributed by atoms with Gasteiger partial charge in [-0.15, -0.1) is 0 Å². The van der Waals surface area contributed by atoms with Crippen LogP contribution in [0.25, 0.3) is 10.9 Å². The number of nitrogens with zero attached hydrogens (tertiary/aromatic N) is 3. The molecule has 1 aromatic carbocycles. The molecular formula is C44H71N3O10. The van der Waals surface area contributed by atoms with Crippen LogP contribution in [0.4, 0.5) is 0 Å². The second kappa shape index (κ2) is 20.0. The molecular weight excluding hydrogens is 730 g/mol. The first-order chi connectivity index (χ1) is 26.7. The van der Waals surface area contributed by atoms with Gasteiger partial charge in [0, 0.05) is 44.1 Å². The standard InChI is InChI=1S/C44H71N3O10/c1-13-36-44(9,52)39(50)30(6)47(22-16-17-32-20-21-45-34-19-15-14-18-33(32)34)25-26(2)24-43(8,53-12)40(28(4)37(49)29(5)41(51)56-36)57-42-38(55-31(7)48)35(46(10)11)23-27(3)54-42/h14-15,18-21,26-30,35-40,42,49-50,52H,13,16-17,22-25H2,1-12H3/t26-,27-,28+,29-,30-,35?,36-,37?,38?,39?,40?,42?,43-,44-/m1/s1. The van der Waals surface area contributed by atoms with Crippen LogP contribution in [-0.2, 0) is 39.7 Å². The molecule has 2 fully saturated rings. The van der Waals surface area contributed by atoms with E-state index in [-0.39, 0.29) is 24.5 Å². The highest BCUT2D eigenvalue weighted by Gasteiger charge is 2.51. The van der Waals surface area contributed by atoms with Crippen molar-refractivity contribution >= 4 is 22.8 Å². The molecule has 3 N–H and O–H groups in total. The van der Waals surface area contributed by atoms with Gasteiger partial charge >= 0.3 is 11.9 Å². The zero-order chi connectivity index (χ0) is 42.4. The van der Waals surface area contributed by atoms with Crippen LogP contribution >= 0.6 is 0 Å². The number of aliphatic hydroxyl groups excluding tert-OH is 2. The first kappa shape index (κ1) is 46.9. The summed E-state index contributed by atoms with van der Waals surface area (Å²) < 4.78 is 31.5. The minimum atomic E-state index is -1.81. The molecule has 0 amide bonds. The maximum absolute atomic E-state index is 13.9. The average Bonchev–Trinajstić information content (AvgIpc) is 3.16. The number of hydrogen-bond donors (Lipinski definition) is 3. The number of methoxy groups -OCH3 is 1. The molecule has 0 spiro atoms. The van der Waals surface area contributed by atoms with Gasteiger partial charge in [0.1, 0.15) is 17.8 Å². The first-order valence-electron chi connectivity index (χ1n) is 20.8. The summed E-state index contributed by atoms with van der Waals surface area (Å²) in [6.07, 6.45) is -1.83. The van der Waals surface area contributed by atoms with Crippen molar-refractivity contribution < 1.29 is 48.6 Å². The molecule has 13 nitrogen and oxygen atoms in total. The van der Waals surface area contributed by atoms with E-state index in [4.69, 9.17) is 23.7 Å². The molecule has 0 bridgehead atoms. The van der Waals surface area contributed by atoms with Gasteiger partial charge in [0.25, 0.3) is 0 Å². The van der Waals surface area contributed by atoms with Crippen LogP contribution in [0.5, 0.6) is 0 Å². The largest absolute Gasteiger partial charge is 0.459 e. The Bertz CT molecular complexity index is 1600. The van der Waals surface area contributed by atoms with Gasteiger partial charge in [0.15, 0.2) is 12.4 Å². The van der Waals surface area contributed by atoms with Crippen LogP contribution < -0.4 is 0 Å². The van der Waals surface area contributed by atoms with Crippen LogP contribution in [0.3, 0.4) is 0 Å². The van der Waals surface area contributed by atoms with E-state index in [2.05, 4.69) is 22.9 Å². The second-order valence-electron chi connectivity index (χ2n) is 17.5. The van der Waals surface area contributed by atoms with Crippen LogP contribution in [0.2, 0.25) is 0 Å². The van der Waals surface area contributed by atoms with Gasteiger partial charge in [-0.05, 0) is 111 Å². The third kappa shape index (κ3) is 11.1. The Hall–Kier alpha value is -2.75. The fraction of sp³-hybridized carbons (Fsp3) is 0.750. The van der Waals surface area contributed by atoms with Crippen molar-refractivity contribution in [2.45, 2.75) is 161 Å². The molecule has 3 heterocycles. The molecule has 13 heteroatoms. The Morgan fingerprint density at radius 3 is 2.40 bits per heavy atom. The van der Waals surface area contributed by atoms with E-state index in [1.54, 1.807) is 21.0 Å². The van der Waals surface area contributed by atoms with E-state index >= 15 is 0 Å². The van der Waals surface area contributed by atoms with Crippen molar-refractivity contribution in [3.8, 4) is 0 Å². The van der Waals surface area contributed by atoms with Crippen LogP contribution in [0, 0.1) is 17.8 Å². The summed E-state index contributed by atoms with van der Waals surface area (Å²) in [7, 11) is 5.45. The average molecular weight is 802 g/mol. The molecule has 6 unspecified atom stereocenters. The number of aryl methyl sites for hydroxylation is 1. The number of aromatic nitrogens is 1. The van der Waals surface area contributed by atoms with E-state index in [0.717, 1.165) is 23.7 Å². The van der Waals surface area contributed by atoms with Gasteiger partial charge in [-0.3, -0.25) is 19.5 Å². The van der Waals surface area contributed by atoms with E-state index < -0.39 is 77.8 Å². The minimum absolute atomic E-state index is 0.0564. The zero-order valence-electron chi connectivity index (χ0n) is 36.4. The van der Waals surface area contributed by atoms with Crippen molar-refractivity contribution in [2.24, 2.45) is 17.8 Å². The topological polar surface area (TPSA) is 160 Å². The van der Waals surface area contributed by atoms with Crippen LogP contribution in [0.15, 0.2) is 36.5 Å². The molecule has 1 aromatic heterocycles. The Morgan fingerprint density at radius 1 is 1.09 bits per heavy atom. The molecule has 322 valence electrons. The summed E-state index contributed by atoms with van der Waals surface area (Å²) in [5, 5.41) is 37.0. The molecule has 0 aliphatic carbocycles. The van der Waals surface area contributed by atoms with Crippen molar-refractivity contribution in [2.75, 3.05) is 34.3 Å². The van der Waals surface area contributed by atoms with Gasteiger partial charge in [-0.1, -0.05) is 39.0 Å². The van der Waals surface area contributed by atoms with Gasteiger partial charge < -0.3 is 43.9 Å². The van der Waals surface area contributed by atoms with Crippen LogP contribution in [0.1, 0.15) is 93.6 Å². The number of aliphatic hydroxyl groups is 3. The first-order valence-corrected chi connectivity index (χ1v) is 20.8. The van der Waals surface area contributed by atoms with E-state index in [9.17, 15) is 24.9 Å². The minimum Gasteiger partial charge on any atom is -0.459 e. The third-order valence-corrected chi connectivity index (χ3v) is 12.6. The number of hydrogen-bond acceptors (Lipinski definition) is 13. The quantitative estimate of drug-likeness (QED) is 0.283. The lowest BCUT2D eigenvalue weighted by Gasteiger charge is -2.48. The van der Waals surface area contributed by atoms with E-state index in [1.807, 2.05) is 77.2 Å². The number of carbonyl (C=O) groups is 2. The summed E-state index contributed by atoms with van der Waals surface area (Å²) in [5.41, 5.74) is -0.740. The van der Waals surface area contributed by atoms with Crippen molar-refractivity contribution in [3.05, 3.63) is 42.1 Å². The molecule has 57 heavy (non-hydrogen) atoms. The number of para-hydroxylation sites is 1. The predicted molar refractivity (Wildman–Crippen MR) is 218 cm³/mol. The number of carbonyl (C=O) groups excluding carboxylic acids is 2. The van der Waals surface area contributed by atoms with Crippen molar-refractivity contribution in [1.29, 1.82) is 0 Å². The highest BCUT2D eigenvalue weighted by atomic mass is 16.7. The summed E-state index contributed by atoms with van der Waals surface area (Å²) in [6.45, 7) is 17.1. The van der Waals surface area contributed by atoms with E-state index in [0.29, 0.717) is 25.9 Å². The summed E-state index contributed by atoms with van der Waals surface area (Å²) in [4.78, 5) is 35.0. The molecule has 2 aromatic rings. The number of cyclic esters (lactones) is 1.